The van der Waals surface area contributed by atoms with Crippen LogP contribution in [0, 0.1) is 0 Å². The predicted octanol–water partition coefficient (Wildman–Crippen LogP) is 3.48. The van der Waals surface area contributed by atoms with E-state index in [4.69, 9.17) is 0 Å². The summed E-state index contributed by atoms with van der Waals surface area (Å²) in [4.78, 5) is 2.31. The van der Waals surface area contributed by atoms with E-state index in [1.807, 2.05) is 6.07 Å². The standard InChI is InChI=1S/C13H19N/c1-4-9-12(5-2)14(3)13-10-7-6-8-11-13/h4,6-12H,5H2,1-3H3. The van der Waals surface area contributed by atoms with Gasteiger partial charge in [-0.3, -0.25) is 0 Å². The molecule has 0 aliphatic carbocycles. The van der Waals surface area contributed by atoms with Gasteiger partial charge >= 0.3 is 0 Å². The average molecular weight is 189 g/mol. The van der Waals surface area contributed by atoms with E-state index >= 15 is 0 Å². The zero-order valence-electron chi connectivity index (χ0n) is 9.27. The summed E-state index contributed by atoms with van der Waals surface area (Å²) in [7, 11) is 2.14. The Kier molecular flexibility index (Phi) is 4.24. The van der Waals surface area contributed by atoms with Crippen molar-refractivity contribution in [3.8, 4) is 0 Å². The molecule has 0 spiro atoms. The van der Waals surface area contributed by atoms with Crippen LogP contribution in [0.25, 0.3) is 0 Å². The third-order valence-electron chi connectivity index (χ3n) is 2.49. The Morgan fingerprint density at radius 3 is 2.43 bits per heavy atom. The quantitative estimate of drug-likeness (QED) is 0.655. The smallest absolute Gasteiger partial charge is 0.0467 e. The molecule has 0 N–H and O–H groups in total. The van der Waals surface area contributed by atoms with Gasteiger partial charge < -0.3 is 4.90 Å². The number of benzene rings is 1. The molecule has 14 heavy (non-hydrogen) atoms. The van der Waals surface area contributed by atoms with E-state index in [0.717, 1.165) is 6.42 Å². The summed E-state index contributed by atoms with van der Waals surface area (Å²) in [5.74, 6) is 0. The third-order valence-corrected chi connectivity index (χ3v) is 2.49. The number of hydrogen-bond donors (Lipinski definition) is 0. The van der Waals surface area contributed by atoms with Crippen LogP contribution in [0.4, 0.5) is 5.69 Å². The Balaban J connectivity index is 2.77. The topological polar surface area (TPSA) is 3.24 Å². The number of likely N-dealkylation sites (N-methyl/N-ethyl adjacent to an activating group) is 1. The Bertz CT molecular complexity index is 277. The van der Waals surface area contributed by atoms with Crippen LogP contribution in [0.2, 0.25) is 0 Å². The Morgan fingerprint density at radius 2 is 1.93 bits per heavy atom. The molecular weight excluding hydrogens is 170 g/mol. The van der Waals surface area contributed by atoms with Gasteiger partial charge in [0.25, 0.3) is 0 Å². The molecule has 1 rings (SSSR count). The molecule has 1 nitrogen and oxygen atoms in total. The van der Waals surface area contributed by atoms with Gasteiger partial charge in [0.05, 0.1) is 0 Å². The van der Waals surface area contributed by atoms with Crippen LogP contribution in [-0.4, -0.2) is 13.1 Å². The highest BCUT2D eigenvalue weighted by Gasteiger charge is 2.08. The van der Waals surface area contributed by atoms with Crippen molar-refractivity contribution in [1.29, 1.82) is 0 Å². The fourth-order valence-corrected chi connectivity index (χ4v) is 1.62. The minimum atomic E-state index is 0.502. The Morgan fingerprint density at radius 1 is 1.29 bits per heavy atom. The maximum Gasteiger partial charge on any atom is 0.0467 e. The van der Waals surface area contributed by atoms with Crippen molar-refractivity contribution < 1.29 is 0 Å². The molecule has 0 aliphatic rings. The summed E-state index contributed by atoms with van der Waals surface area (Å²) >= 11 is 0. The van der Waals surface area contributed by atoms with Gasteiger partial charge in [0, 0.05) is 18.8 Å². The van der Waals surface area contributed by atoms with Crippen molar-refractivity contribution in [2.24, 2.45) is 0 Å². The van der Waals surface area contributed by atoms with E-state index in [9.17, 15) is 0 Å². The molecule has 1 heteroatoms. The molecule has 1 aromatic carbocycles. The molecule has 1 atom stereocenters. The molecule has 0 amide bonds. The molecule has 0 bridgehead atoms. The average Bonchev–Trinajstić information content (AvgIpc) is 2.26. The summed E-state index contributed by atoms with van der Waals surface area (Å²) in [5.41, 5.74) is 1.28. The molecule has 0 aromatic heterocycles. The lowest BCUT2D eigenvalue weighted by atomic mass is 10.1. The highest BCUT2D eigenvalue weighted by Crippen LogP contribution is 2.16. The summed E-state index contributed by atoms with van der Waals surface area (Å²) in [6.45, 7) is 4.28. The molecule has 0 heterocycles. The molecule has 1 aromatic rings. The van der Waals surface area contributed by atoms with Crippen molar-refractivity contribution in [3.63, 3.8) is 0 Å². The number of allylic oxidation sites excluding steroid dienone is 1. The number of nitrogens with zero attached hydrogens (tertiary/aromatic N) is 1. The molecule has 76 valence electrons. The predicted molar refractivity (Wildman–Crippen MR) is 63.7 cm³/mol. The first-order chi connectivity index (χ1) is 6.79. The largest absolute Gasteiger partial charge is 0.368 e. The van der Waals surface area contributed by atoms with Crippen molar-refractivity contribution >= 4 is 5.69 Å². The van der Waals surface area contributed by atoms with Crippen LogP contribution in [0.15, 0.2) is 42.5 Å². The lowest BCUT2D eigenvalue weighted by Crippen LogP contribution is -2.28. The van der Waals surface area contributed by atoms with Gasteiger partial charge in [-0.1, -0.05) is 37.3 Å². The number of anilines is 1. The van der Waals surface area contributed by atoms with Crippen LogP contribution in [0.5, 0.6) is 0 Å². The van der Waals surface area contributed by atoms with Gasteiger partial charge in [-0.05, 0) is 25.5 Å². The number of para-hydroxylation sites is 1. The van der Waals surface area contributed by atoms with Crippen molar-refractivity contribution in [2.45, 2.75) is 26.3 Å². The summed E-state index contributed by atoms with van der Waals surface area (Å²) < 4.78 is 0. The van der Waals surface area contributed by atoms with E-state index < -0.39 is 0 Å². The number of rotatable bonds is 4. The van der Waals surface area contributed by atoms with Crippen molar-refractivity contribution in [1.82, 2.24) is 0 Å². The fraction of sp³-hybridized carbons (Fsp3) is 0.385. The molecule has 0 aliphatic heterocycles. The van der Waals surface area contributed by atoms with Crippen LogP contribution >= 0.6 is 0 Å². The maximum absolute atomic E-state index is 2.31. The van der Waals surface area contributed by atoms with E-state index in [2.05, 4.69) is 62.2 Å². The second-order valence-electron chi connectivity index (χ2n) is 3.45. The fourth-order valence-electron chi connectivity index (χ4n) is 1.62. The SMILES string of the molecule is CC=CC(CC)N(C)c1ccccc1. The van der Waals surface area contributed by atoms with Crippen LogP contribution < -0.4 is 4.90 Å². The first-order valence-corrected chi connectivity index (χ1v) is 5.20. The van der Waals surface area contributed by atoms with Gasteiger partial charge in [0.1, 0.15) is 0 Å². The van der Waals surface area contributed by atoms with Gasteiger partial charge in [0.2, 0.25) is 0 Å². The normalized spacial score (nSPS) is 13.1. The molecular formula is C13H19N. The minimum Gasteiger partial charge on any atom is -0.368 e. The van der Waals surface area contributed by atoms with Gasteiger partial charge in [-0.2, -0.15) is 0 Å². The van der Waals surface area contributed by atoms with E-state index in [1.165, 1.54) is 5.69 Å². The van der Waals surface area contributed by atoms with Gasteiger partial charge in [0.15, 0.2) is 0 Å². The summed E-state index contributed by atoms with van der Waals surface area (Å²) in [6, 6.07) is 11.0. The second kappa shape index (κ2) is 5.48. The lowest BCUT2D eigenvalue weighted by molar-refractivity contribution is 0.721. The van der Waals surface area contributed by atoms with Crippen LogP contribution in [0.1, 0.15) is 20.3 Å². The second-order valence-corrected chi connectivity index (χ2v) is 3.45. The molecule has 1 unspecified atom stereocenters. The zero-order chi connectivity index (χ0) is 10.4. The Hall–Kier alpha value is -1.24. The van der Waals surface area contributed by atoms with E-state index in [0.29, 0.717) is 6.04 Å². The maximum atomic E-state index is 2.31. The first-order valence-electron chi connectivity index (χ1n) is 5.20. The minimum absolute atomic E-state index is 0.502. The first kappa shape index (κ1) is 10.8. The highest BCUT2D eigenvalue weighted by molar-refractivity contribution is 5.47. The monoisotopic (exact) mass is 189 g/mol. The highest BCUT2D eigenvalue weighted by atomic mass is 15.1. The lowest BCUT2D eigenvalue weighted by Gasteiger charge is -2.26. The van der Waals surface area contributed by atoms with Crippen LogP contribution in [-0.2, 0) is 0 Å². The molecule has 0 saturated heterocycles. The molecule has 0 radical (unpaired) electrons. The van der Waals surface area contributed by atoms with Crippen molar-refractivity contribution in [2.75, 3.05) is 11.9 Å². The summed E-state index contributed by atoms with van der Waals surface area (Å²) in [5, 5.41) is 0. The third kappa shape index (κ3) is 2.63. The van der Waals surface area contributed by atoms with Gasteiger partial charge in [-0.15, -0.1) is 0 Å². The van der Waals surface area contributed by atoms with Gasteiger partial charge in [-0.25, -0.2) is 0 Å². The summed E-state index contributed by atoms with van der Waals surface area (Å²) in [6.07, 6.45) is 5.50. The Labute approximate surface area is 87.1 Å². The molecule has 0 fully saturated rings. The van der Waals surface area contributed by atoms with E-state index in [-0.39, 0.29) is 0 Å². The van der Waals surface area contributed by atoms with E-state index in [1.54, 1.807) is 0 Å². The number of hydrogen-bond acceptors (Lipinski definition) is 1. The van der Waals surface area contributed by atoms with Crippen LogP contribution in [0.3, 0.4) is 0 Å². The zero-order valence-corrected chi connectivity index (χ0v) is 9.27. The molecule has 0 saturated carbocycles. The van der Waals surface area contributed by atoms with Crippen molar-refractivity contribution in [3.05, 3.63) is 42.5 Å².